The van der Waals surface area contributed by atoms with Crippen LogP contribution in [0.25, 0.3) is 11.0 Å². The Kier molecular flexibility index (Phi) is 3.97. The second-order valence-corrected chi connectivity index (χ2v) is 5.70. The van der Waals surface area contributed by atoms with Gasteiger partial charge in [-0.25, -0.2) is 14.6 Å². The van der Waals surface area contributed by atoms with Crippen LogP contribution in [-0.4, -0.2) is 25.9 Å². The monoisotopic (exact) mass is 385 g/mol. The minimum atomic E-state index is -4.24. The molecule has 1 aromatic carbocycles. The molecule has 2 aromatic heterocycles. The highest BCUT2D eigenvalue weighted by Gasteiger charge is 2.27. The van der Waals surface area contributed by atoms with Crippen molar-refractivity contribution in [3.63, 3.8) is 0 Å². The van der Waals surface area contributed by atoms with E-state index in [9.17, 15) is 13.2 Å². The molecule has 0 aliphatic carbocycles. The van der Waals surface area contributed by atoms with E-state index in [4.69, 9.17) is 0 Å². The maximum atomic E-state index is 12.5. The van der Waals surface area contributed by atoms with E-state index in [0.29, 0.717) is 27.1 Å². The molecular formula is C14H11BrF3N5. The molecule has 0 aliphatic rings. The Hall–Kier alpha value is -2.16. The number of hydrogen-bond acceptors (Lipinski definition) is 4. The molecule has 23 heavy (non-hydrogen) atoms. The number of aryl methyl sites for hydroxylation is 1. The van der Waals surface area contributed by atoms with Crippen LogP contribution in [0, 0.1) is 0 Å². The summed E-state index contributed by atoms with van der Waals surface area (Å²) < 4.78 is 39.7. The molecule has 0 unspecified atom stereocenters. The average Bonchev–Trinajstić information content (AvgIpc) is 2.73. The molecule has 0 bridgehead atoms. The standard InChI is InChI=1S/C14H11BrF3N5/c1-23-13-10(11(15)22-23)12(19-7-20-13)21-9-4-2-3-8(5-9)6-14(16,17)18/h2-5,7H,6H2,1H3,(H,19,20,21). The molecule has 0 saturated carbocycles. The van der Waals surface area contributed by atoms with Crippen molar-refractivity contribution in [2.24, 2.45) is 7.05 Å². The van der Waals surface area contributed by atoms with Crippen LogP contribution in [0.3, 0.4) is 0 Å². The molecule has 9 heteroatoms. The number of alkyl halides is 3. The Labute approximate surface area is 137 Å². The van der Waals surface area contributed by atoms with E-state index in [0.717, 1.165) is 0 Å². The van der Waals surface area contributed by atoms with Gasteiger partial charge in [-0.1, -0.05) is 12.1 Å². The number of hydrogen-bond donors (Lipinski definition) is 1. The Balaban J connectivity index is 1.95. The third-order valence-corrected chi connectivity index (χ3v) is 3.73. The zero-order valence-corrected chi connectivity index (χ0v) is 13.5. The summed E-state index contributed by atoms with van der Waals surface area (Å²) in [5, 5.41) is 7.89. The van der Waals surface area contributed by atoms with Crippen molar-refractivity contribution in [1.82, 2.24) is 19.7 Å². The minimum absolute atomic E-state index is 0.179. The fraction of sp³-hybridized carbons (Fsp3) is 0.214. The normalized spacial score (nSPS) is 11.9. The third kappa shape index (κ3) is 3.44. The lowest BCUT2D eigenvalue weighted by Crippen LogP contribution is -2.11. The summed E-state index contributed by atoms with van der Waals surface area (Å²) in [5.74, 6) is 0.471. The SMILES string of the molecule is Cn1nc(Br)c2c(Nc3cccc(CC(F)(F)F)c3)ncnc21. The molecular weight excluding hydrogens is 375 g/mol. The lowest BCUT2D eigenvalue weighted by atomic mass is 10.1. The van der Waals surface area contributed by atoms with Crippen molar-refractivity contribution in [3.8, 4) is 0 Å². The van der Waals surface area contributed by atoms with Gasteiger partial charge < -0.3 is 5.32 Å². The molecule has 5 nitrogen and oxygen atoms in total. The molecule has 0 aliphatic heterocycles. The van der Waals surface area contributed by atoms with Gasteiger partial charge in [0.1, 0.15) is 16.7 Å². The molecule has 3 rings (SSSR count). The van der Waals surface area contributed by atoms with Crippen LogP contribution in [-0.2, 0) is 13.5 Å². The van der Waals surface area contributed by atoms with Gasteiger partial charge in [-0.05, 0) is 33.6 Å². The first-order chi connectivity index (χ1) is 10.8. The molecule has 0 saturated heterocycles. The highest BCUT2D eigenvalue weighted by atomic mass is 79.9. The Morgan fingerprint density at radius 2 is 2.04 bits per heavy atom. The predicted octanol–water partition coefficient (Wildman–Crippen LogP) is 3.97. The van der Waals surface area contributed by atoms with Crippen LogP contribution in [0.15, 0.2) is 35.2 Å². The van der Waals surface area contributed by atoms with Crippen LogP contribution in [0.1, 0.15) is 5.56 Å². The van der Waals surface area contributed by atoms with Crippen molar-refractivity contribution in [2.75, 3.05) is 5.32 Å². The fourth-order valence-corrected chi connectivity index (χ4v) is 2.87. The first-order valence-electron chi connectivity index (χ1n) is 6.59. The highest BCUT2D eigenvalue weighted by molar-refractivity contribution is 9.10. The fourth-order valence-electron chi connectivity index (χ4n) is 2.26. The van der Waals surface area contributed by atoms with Crippen molar-refractivity contribution in [1.29, 1.82) is 0 Å². The molecule has 0 fully saturated rings. The average molecular weight is 386 g/mol. The van der Waals surface area contributed by atoms with Gasteiger partial charge in [-0.3, -0.25) is 0 Å². The van der Waals surface area contributed by atoms with E-state index in [1.165, 1.54) is 18.5 Å². The second-order valence-electron chi connectivity index (χ2n) is 4.95. The van der Waals surface area contributed by atoms with Crippen LogP contribution < -0.4 is 5.32 Å². The smallest absolute Gasteiger partial charge is 0.339 e. The summed E-state index contributed by atoms with van der Waals surface area (Å²) in [4.78, 5) is 8.29. The van der Waals surface area contributed by atoms with Gasteiger partial charge in [-0.15, -0.1) is 0 Å². The number of halogens is 4. The van der Waals surface area contributed by atoms with Crippen LogP contribution in [0.4, 0.5) is 24.7 Å². The summed E-state index contributed by atoms with van der Waals surface area (Å²) in [6.45, 7) is 0. The van der Waals surface area contributed by atoms with Gasteiger partial charge in [0.05, 0.1) is 11.8 Å². The largest absolute Gasteiger partial charge is 0.393 e. The topological polar surface area (TPSA) is 55.6 Å². The summed E-state index contributed by atoms with van der Waals surface area (Å²) in [7, 11) is 1.74. The number of nitrogens with one attached hydrogen (secondary N) is 1. The van der Waals surface area contributed by atoms with Gasteiger partial charge in [-0.2, -0.15) is 18.3 Å². The summed E-state index contributed by atoms with van der Waals surface area (Å²) >= 11 is 3.34. The van der Waals surface area contributed by atoms with Crippen LogP contribution in [0.5, 0.6) is 0 Å². The molecule has 1 N–H and O–H groups in total. The van der Waals surface area contributed by atoms with Gasteiger partial charge >= 0.3 is 6.18 Å². The number of fused-ring (bicyclic) bond motifs is 1. The summed E-state index contributed by atoms with van der Waals surface area (Å²) in [6.07, 6.45) is -3.84. The molecule has 0 atom stereocenters. The Bertz CT molecular complexity index is 859. The first-order valence-corrected chi connectivity index (χ1v) is 7.39. The molecule has 2 heterocycles. The van der Waals surface area contributed by atoms with Crippen molar-refractivity contribution < 1.29 is 13.2 Å². The third-order valence-electron chi connectivity index (χ3n) is 3.17. The van der Waals surface area contributed by atoms with Gasteiger partial charge in [0.2, 0.25) is 0 Å². The van der Waals surface area contributed by atoms with E-state index in [1.807, 2.05) is 0 Å². The Morgan fingerprint density at radius 1 is 1.26 bits per heavy atom. The van der Waals surface area contributed by atoms with E-state index in [1.54, 1.807) is 23.9 Å². The van der Waals surface area contributed by atoms with E-state index < -0.39 is 12.6 Å². The van der Waals surface area contributed by atoms with Crippen molar-refractivity contribution in [3.05, 3.63) is 40.8 Å². The van der Waals surface area contributed by atoms with Gasteiger partial charge in [0.15, 0.2) is 5.65 Å². The quantitative estimate of drug-likeness (QED) is 0.740. The van der Waals surface area contributed by atoms with E-state index >= 15 is 0 Å². The minimum Gasteiger partial charge on any atom is -0.339 e. The number of anilines is 2. The second kappa shape index (κ2) is 5.80. The van der Waals surface area contributed by atoms with Crippen molar-refractivity contribution >= 4 is 38.5 Å². The molecule has 0 amide bonds. The van der Waals surface area contributed by atoms with Gasteiger partial charge in [0.25, 0.3) is 0 Å². The molecule has 0 radical (unpaired) electrons. The van der Waals surface area contributed by atoms with Gasteiger partial charge in [0, 0.05) is 12.7 Å². The van der Waals surface area contributed by atoms with E-state index in [-0.39, 0.29) is 5.56 Å². The highest BCUT2D eigenvalue weighted by Crippen LogP contribution is 2.30. The molecule has 0 spiro atoms. The first kappa shape index (κ1) is 15.7. The number of nitrogens with zero attached hydrogens (tertiary/aromatic N) is 4. The zero-order chi connectivity index (χ0) is 16.6. The van der Waals surface area contributed by atoms with E-state index in [2.05, 4.69) is 36.3 Å². The van der Waals surface area contributed by atoms with Crippen LogP contribution in [0.2, 0.25) is 0 Å². The number of aromatic nitrogens is 4. The predicted molar refractivity (Wildman–Crippen MR) is 83.5 cm³/mol. The number of benzene rings is 1. The maximum Gasteiger partial charge on any atom is 0.393 e. The Morgan fingerprint density at radius 3 is 2.78 bits per heavy atom. The lowest BCUT2D eigenvalue weighted by molar-refractivity contribution is -0.127. The van der Waals surface area contributed by atoms with Crippen LogP contribution >= 0.6 is 15.9 Å². The number of rotatable bonds is 3. The van der Waals surface area contributed by atoms with Crippen molar-refractivity contribution in [2.45, 2.75) is 12.6 Å². The summed E-state index contributed by atoms with van der Waals surface area (Å²) in [5.41, 5.74) is 1.31. The molecule has 120 valence electrons. The maximum absolute atomic E-state index is 12.5. The zero-order valence-electron chi connectivity index (χ0n) is 11.9. The lowest BCUT2D eigenvalue weighted by Gasteiger charge is -2.10. The summed E-state index contributed by atoms with van der Waals surface area (Å²) in [6, 6.07) is 6.14. The molecule has 3 aromatic rings.